The highest BCUT2D eigenvalue weighted by molar-refractivity contribution is 9.09. The first-order valence-corrected chi connectivity index (χ1v) is 8.04. The molecule has 1 atom stereocenters. The maximum absolute atomic E-state index is 11.9. The Morgan fingerprint density at radius 3 is 2.33 bits per heavy atom. The van der Waals surface area contributed by atoms with Gasteiger partial charge in [0.15, 0.2) is 5.78 Å². The Bertz CT molecular complexity index is 497. The standard InChI is InChI=1S/C15H19BrClNO3/c1-15(2,3)21-14(20)18-12(13(19)9-16)8-10-4-6-11(17)7-5-10/h4-7,12H,8-9H2,1-3H3,(H,18,20)/t12-/m0/s1. The Labute approximate surface area is 138 Å². The zero-order chi connectivity index (χ0) is 16.0. The summed E-state index contributed by atoms with van der Waals surface area (Å²) in [7, 11) is 0. The molecule has 1 N–H and O–H groups in total. The molecule has 0 saturated heterocycles. The van der Waals surface area contributed by atoms with Gasteiger partial charge in [-0.1, -0.05) is 39.7 Å². The third-order valence-electron chi connectivity index (χ3n) is 2.56. The van der Waals surface area contributed by atoms with Crippen LogP contribution in [0.25, 0.3) is 0 Å². The number of halogens is 2. The van der Waals surface area contributed by atoms with Gasteiger partial charge in [0.2, 0.25) is 0 Å². The van der Waals surface area contributed by atoms with Crippen LogP contribution in [-0.4, -0.2) is 28.8 Å². The molecule has 4 nitrogen and oxygen atoms in total. The van der Waals surface area contributed by atoms with E-state index in [1.165, 1.54) is 0 Å². The van der Waals surface area contributed by atoms with Crippen LogP contribution in [0.5, 0.6) is 0 Å². The molecule has 1 rings (SSSR count). The van der Waals surface area contributed by atoms with Gasteiger partial charge in [-0.3, -0.25) is 4.79 Å². The summed E-state index contributed by atoms with van der Waals surface area (Å²) in [5.74, 6) is -0.115. The summed E-state index contributed by atoms with van der Waals surface area (Å²) in [6.45, 7) is 5.31. The smallest absolute Gasteiger partial charge is 0.408 e. The molecule has 0 bridgehead atoms. The van der Waals surface area contributed by atoms with Crippen molar-refractivity contribution in [2.24, 2.45) is 0 Å². The van der Waals surface area contributed by atoms with Crippen LogP contribution in [0.3, 0.4) is 0 Å². The van der Waals surface area contributed by atoms with Crippen molar-refractivity contribution in [3.05, 3.63) is 34.9 Å². The number of rotatable bonds is 5. The van der Waals surface area contributed by atoms with Gasteiger partial charge in [-0.05, 0) is 44.9 Å². The van der Waals surface area contributed by atoms with Crippen LogP contribution in [0.2, 0.25) is 5.02 Å². The second-order valence-corrected chi connectivity index (χ2v) is 6.63. The summed E-state index contributed by atoms with van der Waals surface area (Å²) in [4.78, 5) is 23.8. The molecule has 0 radical (unpaired) electrons. The molecular formula is C15H19BrClNO3. The first-order chi connectivity index (χ1) is 9.71. The Balaban J connectivity index is 2.74. The van der Waals surface area contributed by atoms with Crippen molar-refractivity contribution < 1.29 is 14.3 Å². The second-order valence-electron chi connectivity index (χ2n) is 5.63. The van der Waals surface area contributed by atoms with Crippen molar-refractivity contribution in [1.82, 2.24) is 5.32 Å². The predicted molar refractivity (Wildman–Crippen MR) is 87.1 cm³/mol. The maximum Gasteiger partial charge on any atom is 0.408 e. The van der Waals surface area contributed by atoms with Crippen molar-refractivity contribution in [2.45, 2.75) is 38.8 Å². The number of benzene rings is 1. The molecule has 0 spiro atoms. The summed E-state index contributed by atoms with van der Waals surface area (Å²) in [5, 5.41) is 3.41. The van der Waals surface area contributed by atoms with Crippen molar-refractivity contribution in [3.63, 3.8) is 0 Å². The zero-order valence-electron chi connectivity index (χ0n) is 12.3. The first kappa shape index (κ1) is 18.0. The van der Waals surface area contributed by atoms with Crippen LogP contribution in [0.1, 0.15) is 26.3 Å². The van der Waals surface area contributed by atoms with Crippen LogP contribution in [-0.2, 0) is 16.0 Å². The molecule has 0 fully saturated rings. The monoisotopic (exact) mass is 375 g/mol. The van der Waals surface area contributed by atoms with Crippen LogP contribution >= 0.6 is 27.5 Å². The van der Waals surface area contributed by atoms with Gasteiger partial charge in [0.05, 0.1) is 11.4 Å². The highest BCUT2D eigenvalue weighted by Crippen LogP contribution is 2.13. The van der Waals surface area contributed by atoms with Gasteiger partial charge in [0, 0.05) is 5.02 Å². The minimum absolute atomic E-state index is 0.115. The molecule has 0 aliphatic carbocycles. The lowest BCUT2D eigenvalue weighted by Crippen LogP contribution is -2.45. The SMILES string of the molecule is CC(C)(C)OC(=O)N[C@@H](Cc1ccc(Cl)cc1)C(=O)CBr. The highest BCUT2D eigenvalue weighted by atomic mass is 79.9. The Morgan fingerprint density at radius 2 is 1.86 bits per heavy atom. The van der Waals surface area contributed by atoms with Gasteiger partial charge < -0.3 is 10.1 Å². The van der Waals surface area contributed by atoms with Gasteiger partial charge in [0.25, 0.3) is 0 Å². The van der Waals surface area contributed by atoms with E-state index >= 15 is 0 Å². The van der Waals surface area contributed by atoms with Crippen molar-refractivity contribution in [2.75, 3.05) is 5.33 Å². The third kappa shape index (κ3) is 6.96. The normalized spacial score (nSPS) is 12.6. The fraction of sp³-hybridized carbons (Fsp3) is 0.467. The molecule has 0 aliphatic heterocycles. The van der Waals surface area contributed by atoms with Crippen LogP contribution in [0.15, 0.2) is 24.3 Å². The van der Waals surface area contributed by atoms with E-state index in [0.717, 1.165) is 5.56 Å². The number of nitrogens with one attached hydrogen (secondary N) is 1. The van der Waals surface area contributed by atoms with E-state index in [9.17, 15) is 9.59 Å². The quantitative estimate of drug-likeness (QED) is 0.797. The Kier molecular flexibility index (Phi) is 6.68. The van der Waals surface area contributed by atoms with E-state index in [1.807, 2.05) is 12.1 Å². The summed E-state index contributed by atoms with van der Waals surface area (Å²) in [6.07, 6.45) is -0.211. The van der Waals surface area contributed by atoms with Crippen LogP contribution < -0.4 is 5.32 Å². The maximum atomic E-state index is 11.9. The highest BCUT2D eigenvalue weighted by Gasteiger charge is 2.23. The van der Waals surface area contributed by atoms with Gasteiger partial charge in [0.1, 0.15) is 5.60 Å². The third-order valence-corrected chi connectivity index (χ3v) is 3.37. The molecule has 0 saturated carbocycles. The number of carbonyl (C=O) groups is 2. The molecule has 1 aromatic rings. The number of ether oxygens (including phenoxy) is 1. The number of alkyl carbamates (subject to hydrolysis) is 1. The molecule has 1 amide bonds. The van der Waals surface area contributed by atoms with E-state index in [-0.39, 0.29) is 11.1 Å². The Morgan fingerprint density at radius 1 is 1.29 bits per heavy atom. The summed E-state index contributed by atoms with van der Waals surface area (Å²) < 4.78 is 5.18. The lowest BCUT2D eigenvalue weighted by Gasteiger charge is -2.23. The molecule has 1 aromatic carbocycles. The van der Waals surface area contributed by atoms with Crippen molar-refractivity contribution in [1.29, 1.82) is 0 Å². The number of alkyl halides is 1. The van der Waals surface area contributed by atoms with Gasteiger partial charge in [-0.25, -0.2) is 4.79 Å². The van der Waals surface area contributed by atoms with E-state index < -0.39 is 17.7 Å². The number of ketones is 1. The van der Waals surface area contributed by atoms with Gasteiger partial charge in [-0.15, -0.1) is 0 Å². The second kappa shape index (κ2) is 7.80. The average Bonchev–Trinajstić information content (AvgIpc) is 2.37. The van der Waals surface area contributed by atoms with E-state index in [4.69, 9.17) is 16.3 Å². The van der Waals surface area contributed by atoms with Gasteiger partial charge in [-0.2, -0.15) is 0 Å². The van der Waals surface area contributed by atoms with Crippen LogP contribution in [0, 0.1) is 0 Å². The van der Waals surface area contributed by atoms with Crippen LogP contribution in [0.4, 0.5) is 4.79 Å². The number of hydrogen-bond acceptors (Lipinski definition) is 3. The number of carbonyl (C=O) groups excluding carboxylic acids is 2. The molecule has 0 aliphatic rings. The summed E-state index contributed by atoms with van der Waals surface area (Å²) >= 11 is 8.96. The minimum Gasteiger partial charge on any atom is -0.444 e. The minimum atomic E-state index is -0.639. The Hall–Kier alpha value is -1.07. The molecule has 116 valence electrons. The van der Waals surface area contributed by atoms with E-state index in [2.05, 4.69) is 21.2 Å². The average molecular weight is 377 g/mol. The summed E-state index contributed by atoms with van der Waals surface area (Å²) in [5.41, 5.74) is 0.307. The molecule has 0 heterocycles. The molecule has 6 heteroatoms. The van der Waals surface area contributed by atoms with E-state index in [1.54, 1.807) is 32.9 Å². The van der Waals surface area contributed by atoms with Crippen molar-refractivity contribution in [3.8, 4) is 0 Å². The zero-order valence-corrected chi connectivity index (χ0v) is 14.6. The predicted octanol–water partition coefficient (Wildman–Crippen LogP) is 3.74. The number of hydrogen-bond donors (Lipinski definition) is 1. The lowest BCUT2D eigenvalue weighted by molar-refractivity contribution is -0.118. The number of Topliss-reactive ketones (excluding diaryl/α,β-unsaturated/α-hetero) is 1. The fourth-order valence-electron chi connectivity index (χ4n) is 1.64. The lowest BCUT2D eigenvalue weighted by atomic mass is 10.0. The molecule has 21 heavy (non-hydrogen) atoms. The largest absolute Gasteiger partial charge is 0.444 e. The molecular weight excluding hydrogens is 358 g/mol. The topological polar surface area (TPSA) is 55.4 Å². The van der Waals surface area contributed by atoms with Gasteiger partial charge >= 0.3 is 6.09 Å². The van der Waals surface area contributed by atoms with E-state index in [0.29, 0.717) is 11.4 Å². The number of amides is 1. The fourth-order valence-corrected chi connectivity index (χ4v) is 2.16. The first-order valence-electron chi connectivity index (χ1n) is 6.54. The van der Waals surface area contributed by atoms with Crippen molar-refractivity contribution >= 4 is 39.4 Å². The molecule has 0 aromatic heterocycles. The molecule has 0 unspecified atom stereocenters. The summed E-state index contributed by atoms with van der Waals surface area (Å²) in [6, 6.07) is 6.52.